The van der Waals surface area contributed by atoms with Crippen LogP contribution in [0.25, 0.3) is 0 Å². The summed E-state index contributed by atoms with van der Waals surface area (Å²) in [6, 6.07) is 5.77. The maximum absolute atomic E-state index is 11.5. The zero-order valence-electron chi connectivity index (χ0n) is 10.7. The van der Waals surface area contributed by atoms with Gasteiger partial charge in [-0.25, -0.2) is 13.6 Å². The van der Waals surface area contributed by atoms with Gasteiger partial charge in [0.15, 0.2) is 0 Å². The summed E-state index contributed by atoms with van der Waals surface area (Å²) >= 11 is 5.88. The predicted molar refractivity (Wildman–Crippen MR) is 77.4 cm³/mol. The van der Waals surface area contributed by atoms with E-state index >= 15 is 0 Å². The van der Waals surface area contributed by atoms with Crippen molar-refractivity contribution in [3.8, 4) is 0 Å². The van der Waals surface area contributed by atoms with E-state index in [2.05, 4.69) is 5.32 Å². The molecule has 2 aromatic rings. The largest absolute Gasteiger partial charge is 0.467 e. The third-order valence-electron chi connectivity index (χ3n) is 2.68. The number of primary sulfonamides is 1. The van der Waals surface area contributed by atoms with Crippen LogP contribution in [0.2, 0.25) is 5.02 Å². The first-order chi connectivity index (χ1) is 9.79. The zero-order valence-corrected chi connectivity index (χ0v) is 12.2. The van der Waals surface area contributed by atoms with Crippen molar-refractivity contribution in [2.45, 2.75) is 11.4 Å². The average Bonchev–Trinajstić information content (AvgIpc) is 2.87. The molecule has 0 unspecified atom stereocenters. The lowest BCUT2D eigenvalue weighted by molar-refractivity contribution is 0.100. The second-order valence-corrected chi connectivity index (χ2v) is 6.11. The first-order valence-corrected chi connectivity index (χ1v) is 7.64. The first kappa shape index (κ1) is 15.4. The van der Waals surface area contributed by atoms with Crippen LogP contribution in [0.15, 0.2) is 39.8 Å². The Balaban J connectivity index is 2.41. The Hall–Kier alpha value is -2.03. The van der Waals surface area contributed by atoms with Gasteiger partial charge in [-0.3, -0.25) is 4.79 Å². The van der Waals surface area contributed by atoms with Gasteiger partial charge in [0.05, 0.1) is 23.4 Å². The fourth-order valence-corrected chi connectivity index (χ4v) is 2.82. The van der Waals surface area contributed by atoms with Crippen molar-refractivity contribution in [2.75, 3.05) is 5.32 Å². The molecule has 0 aliphatic carbocycles. The molecule has 7 nitrogen and oxygen atoms in total. The number of rotatable bonds is 5. The van der Waals surface area contributed by atoms with Crippen LogP contribution in [0.1, 0.15) is 16.1 Å². The molecule has 0 fully saturated rings. The number of anilines is 1. The van der Waals surface area contributed by atoms with Gasteiger partial charge >= 0.3 is 0 Å². The van der Waals surface area contributed by atoms with E-state index in [0.29, 0.717) is 5.76 Å². The van der Waals surface area contributed by atoms with E-state index in [4.69, 9.17) is 26.9 Å². The van der Waals surface area contributed by atoms with Crippen LogP contribution in [0, 0.1) is 0 Å². The Morgan fingerprint density at radius 1 is 1.38 bits per heavy atom. The van der Waals surface area contributed by atoms with Crippen LogP contribution in [-0.4, -0.2) is 14.3 Å². The minimum Gasteiger partial charge on any atom is -0.467 e. The topological polar surface area (TPSA) is 128 Å². The Kier molecular flexibility index (Phi) is 4.21. The maximum atomic E-state index is 11.5. The molecule has 0 radical (unpaired) electrons. The number of furan rings is 1. The van der Waals surface area contributed by atoms with Crippen LogP contribution in [0.5, 0.6) is 0 Å². The number of amides is 1. The number of carbonyl (C=O) groups is 1. The van der Waals surface area contributed by atoms with Gasteiger partial charge in [0.1, 0.15) is 10.7 Å². The van der Waals surface area contributed by atoms with E-state index in [9.17, 15) is 13.2 Å². The minimum absolute atomic E-state index is 0.0324. The Bertz CT molecular complexity index is 772. The molecule has 2 rings (SSSR count). The van der Waals surface area contributed by atoms with Gasteiger partial charge < -0.3 is 15.5 Å². The fourth-order valence-electron chi connectivity index (χ4n) is 1.72. The van der Waals surface area contributed by atoms with Crippen molar-refractivity contribution < 1.29 is 17.6 Å². The lowest BCUT2D eigenvalue weighted by Crippen LogP contribution is -2.18. The molecule has 9 heteroatoms. The van der Waals surface area contributed by atoms with Crippen LogP contribution < -0.4 is 16.2 Å². The number of halogens is 1. The smallest absolute Gasteiger partial charge is 0.250 e. The summed E-state index contributed by atoms with van der Waals surface area (Å²) < 4.78 is 27.9. The molecule has 1 heterocycles. The van der Waals surface area contributed by atoms with Crippen molar-refractivity contribution in [1.29, 1.82) is 0 Å². The molecule has 21 heavy (non-hydrogen) atoms. The number of carbonyl (C=O) groups excluding carboxylic acids is 1. The molecule has 1 aromatic carbocycles. The third-order valence-corrected chi connectivity index (χ3v) is 4.05. The summed E-state index contributed by atoms with van der Waals surface area (Å²) in [5.41, 5.74) is 5.50. The predicted octanol–water partition coefficient (Wildman–Crippen LogP) is 1.29. The van der Waals surface area contributed by atoms with E-state index in [-0.39, 0.29) is 27.7 Å². The minimum atomic E-state index is -4.05. The standard InChI is InChI=1S/C12H12ClN3O4S/c13-9-5-10(16-6-7-2-1-3-20-7)8(12(14)17)4-11(9)21(15,18)19/h1-5,16H,6H2,(H2,14,17)(H2,15,18,19). The van der Waals surface area contributed by atoms with Crippen molar-refractivity contribution in [2.24, 2.45) is 10.9 Å². The molecule has 1 amide bonds. The first-order valence-electron chi connectivity index (χ1n) is 5.71. The molecule has 0 spiro atoms. The lowest BCUT2D eigenvalue weighted by atomic mass is 10.1. The zero-order chi connectivity index (χ0) is 15.6. The summed E-state index contributed by atoms with van der Waals surface area (Å²) in [7, 11) is -4.05. The Morgan fingerprint density at radius 2 is 2.10 bits per heavy atom. The summed E-state index contributed by atoms with van der Waals surface area (Å²) in [6.07, 6.45) is 1.50. The van der Waals surface area contributed by atoms with Crippen LogP contribution in [-0.2, 0) is 16.6 Å². The molecular formula is C12H12ClN3O4S. The summed E-state index contributed by atoms with van der Waals surface area (Å²) in [4.78, 5) is 11.1. The Morgan fingerprint density at radius 3 is 2.62 bits per heavy atom. The van der Waals surface area contributed by atoms with Crippen LogP contribution in [0.3, 0.4) is 0 Å². The highest BCUT2D eigenvalue weighted by atomic mass is 35.5. The second-order valence-electron chi connectivity index (χ2n) is 4.17. The van der Waals surface area contributed by atoms with Gasteiger partial charge in [-0.05, 0) is 24.3 Å². The van der Waals surface area contributed by atoms with E-state index in [1.807, 2.05) is 0 Å². The van der Waals surface area contributed by atoms with Gasteiger partial charge in [-0.15, -0.1) is 0 Å². The van der Waals surface area contributed by atoms with Crippen molar-refractivity contribution >= 4 is 33.2 Å². The number of hydrogen-bond acceptors (Lipinski definition) is 5. The van der Waals surface area contributed by atoms with Gasteiger partial charge in [0.25, 0.3) is 5.91 Å². The number of primary amides is 1. The second kappa shape index (κ2) is 5.76. The van der Waals surface area contributed by atoms with Gasteiger partial charge in [0.2, 0.25) is 10.0 Å². The fraction of sp³-hybridized carbons (Fsp3) is 0.0833. The molecule has 5 N–H and O–H groups in total. The number of nitrogens with two attached hydrogens (primary N) is 2. The van der Waals surface area contributed by atoms with E-state index in [0.717, 1.165) is 6.07 Å². The van der Waals surface area contributed by atoms with Crippen molar-refractivity contribution in [3.63, 3.8) is 0 Å². The number of hydrogen-bond donors (Lipinski definition) is 3. The summed E-state index contributed by atoms with van der Waals surface area (Å²) in [6.45, 7) is 0.276. The number of sulfonamides is 1. The quantitative estimate of drug-likeness (QED) is 0.761. The summed E-state index contributed by atoms with van der Waals surface area (Å²) in [5.74, 6) is -0.185. The normalized spacial score (nSPS) is 11.3. The molecule has 112 valence electrons. The molecule has 0 bridgehead atoms. The number of nitrogens with one attached hydrogen (secondary N) is 1. The highest BCUT2D eigenvalue weighted by molar-refractivity contribution is 7.89. The molecule has 0 atom stereocenters. The third kappa shape index (κ3) is 3.54. The van der Waals surface area contributed by atoms with Gasteiger partial charge in [0, 0.05) is 5.69 Å². The maximum Gasteiger partial charge on any atom is 0.250 e. The highest BCUT2D eigenvalue weighted by Gasteiger charge is 2.19. The molecule has 1 aromatic heterocycles. The lowest BCUT2D eigenvalue weighted by Gasteiger charge is -2.12. The molecule has 0 aliphatic heterocycles. The van der Waals surface area contributed by atoms with Crippen molar-refractivity contribution in [1.82, 2.24) is 0 Å². The van der Waals surface area contributed by atoms with E-state index in [1.54, 1.807) is 12.1 Å². The van der Waals surface area contributed by atoms with Crippen molar-refractivity contribution in [3.05, 3.63) is 46.9 Å². The monoisotopic (exact) mass is 329 g/mol. The van der Waals surface area contributed by atoms with Crippen LogP contribution in [0.4, 0.5) is 5.69 Å². The SMILES string of the molecule is NC(=O)c1cc(S(N)(=O)=O)c(Cl)cc1NCc1ccco1. The van der Waals surface area contributed by atoms with Gasteiger partial charge in [-0.1, -0.05) is 11.6 Å². The Labute approximate surface area is 125 Å². The molecular weight excluding hydrogens is 318 g/mol. The molecule has 0 saturated carbocycles. The molecule has 0 aliphatic rings. The average molecular weight is 330 g/mol. The van der Waals surface area contributed by atoms with Gasteiger partial charge in [-0.2, -0.15) is 0 Å². The molecule has 0 saturated heterocycles. The summed E-state index contributed by atoms with van der Waals surface area (Å²) in [5, 5.41) is 7.82. The highest BCUT2D eigenvalue weighted by Crippen LogP contribution is 2.28. The number of benzene rings is 1. The van der Waals surface area contributed by atoms with Crippen LogP contribution >= 0.6 is 11.6 Å². The van der Waals surface area contributed by atoms with E-state index < -0.39 is 15.9 Å². The van der Waals surface area contributed by atoms with E-state index in [1.165, 1.54) is 12.3 Å².